The molecule has 0 spiro atoms. The Kier molecular flexibility index (Phi) is 4.08. The third-order valence-corrected chi connectivity index (χ3v) is 4.36. The minimum atomic E-state index is 0.0223. The molecule has 1 N–H and O–H groups in total. The number of imidazole rings is 1. The molecule has 0 amide bonds. The largest absolute Gasteiger partial charge is 0.328 e. The number of fused-ring (bicyclic) bond motifs is 1. The summed E-state index contributed by atoms with van der Waals surface area (Å²) in [5, 5.41) is 0. The highest BCUT2D eigenvalue weighted by Gasteiger charge is 2.19. The molecule has 1 aromatic carbocycles. The van der Waals surface area contributed by atoms with Crippen molar-refractivity contribution in [1.29, 1.82) is 0 Å². The van der Waals surface area contributed by atoms with Gasteiger partial charge in [-0.05, 0) is 12.8 Å². The van der Waals surface area contributed by atoms with Crippen LogP contribution in [0, 0.1) is 0 Å². The van der Waals surface area contributed by atoms with E-state index in [0.29, 0.717) is 5.78 Å². The lowest BCUT2D eigenvalue weighted by Crippen LogP contribution is -2.22. The van der Waals surface area contributed by atoms with Gasteiger partial charge in [0.2, 0.25) is 5.78 Å². The minimum absolute atomic E-state index is 0.0223. The molecule has 3 aromatic rings. The number of rotatable bonds is 3. The van der Waals surface area contributed by atoms with Crippen molar-refractivity contribution < 1.29 is 0 Å². The molecule has 0 aliphatic heterocycles. The predicted molar refractivity (Wildman–Crippen MR) is 97.8 cm³/mol. The van der Waals surface area contributed by atoms with Gasteiger partial charge < -0.3 is 4.98 Å². The molecule has 0 saturated carbocycles. The fraction of sp³-hybridized carbons (Fsp3) is 0.294. The van der Waals surface area contributed by atoms with Crippen molar-refractivity contribution in [2.24, 2.45) is 0 Å². The minimum Gasteiger partial charge on any atom is -0.328 e. The lowest BCUT2D eigenvalue weighted by atomic mass is 10.0. The van der Waals surface area contributed by atoms with Crippen LogP contribution in [-0.2, 0) is 0 Å². The summed E-state index contributed by atoms with van der Waals surface area (Å²) in [4.78, 5) is 20.8. The summed E-state index contributed by atoms with van der Waals surface area (Å²) in [5.74, 6) is 0.857. The van der Waals surface area contributed by atoms with E-state index in [1.165, 1.54) is 0 Å². The zero-order valence-electron chi connectivity index (χ0n) is 12.8. The Labute approximate surface area is 142 Å². The van der Waals surface area contributed by atoms with E-state index >= 15 is 0 Å². The lowest BCUT2D eigenvalue weighted by molar-refractivity contribution is 0.782. The molecule has 1 atom stereocenters. The van der Waals surface area contributed by atoms with Gasteiger partial charge in [0.05, 0.1) is 11.3 Å². The van der Waals surface area contributed by atoms with Gasteiger partial charge in [0.15, 0.2) is 0 Å². The highest BCUT2D eigenvalue weighted by atomic mass is 127. The Hall–Kier alpha value is -1.63. The van der Waals surface area contributed by atoms with E-state index in [4.69, 9.17) is 0 Å². The molecule has 0 fully saturated rings. The Morgan fingerprint density at radius 2 is 1.86 bits per heavy atom. The van der Waals surface area contributed by atoms with Gasteiger partial charge in [-0.3, -0.25) is 9.20 Å². The van der Waals surface area contributed by atoms with Gasteiger partial charge in [-0.2, -0.15) is 0 Å². The Morgan fingerprint density at radius 1 is 1.18 bits per heavy atom. The number of nitrogens with one attached hydrogen (secondary N) is 1. The summed E-state index contributed by atoms with van der Waals surface area (Å²) in [7, 11) is 0. The molecule has 0 aliphatic carbocycles. The van der Waals surface area contributed by atoms with E-state index in [9.17, 15) is 4.79 Å². The van der Waals surface area contributed by atoms with Crippen molar-refractivity contribution in [2.75, 3.05) is 0 Å². The second-order valence-electron chi connectivity index (χ2n) is 5.71. The molecule has 0 bridgehead atoms. The molecular formula is C17H18IN3O. The van der Waals surface area contributed by atoms with Gasteiger partial charge >= 0.3 is 0 Å². The zero-order valence-corrected chi connectivity index (χ0v) is 15.0. The van der Waals surface area contributed by atoms with Crippen LogP contribution in [0.15, 0.2) is 41.3 Å². The molecule has 2 heterocycles. The van der Waals surface area contributed by atoms with Crippen molar-refractivity contribution in [3.63, 3.8) is 0 Å². The number of alkyl halides is 1. The standard InChI is InChI=1S/C17H18IN3O/c1-10(2)15-14(11(3)18)16(22)21-9-13(19-17(21)20-15)12-7-5-4-6-8-12/h4-11H,1-3H3,(H,19,20). The SMILES string of the molecule is CC(C)c1[nH]c2nc(-c3ccccc3)cn2c(=O)c1C(C)I. The van der Waals surface area contributed by atoms with Crippen molar-refractivity contribution in [3.05, 3.63) is 58.1 Å². The maximum atomic E-state index is 12.8. The first-order chi connectivity index (χ1) is 10.5. The number of nitrogens with zero attached hydrogens (tertiary/aromatic N) is 2. The first-order valence-electron chi connectivity index (χ1n) is 7.33. The van der Waals surface area contributed by atoms with Gasteiger partial charge in [0.1, 0.15) is 0 Å². The van der Waals surface area contributed by atoms with E-state index < -0.39 is 0 Å². The number of aromatic nitrogens is 3. The normalized spacial score (nSPS) is 13.0. The third-order valence-electron chi connectivity index (χ3n) is 3.74. The zero-order chi connectivity index (χ0) is 15.9. The molecule has 0 radical (unpaired) electrons. The highest BCUT2D eigenvalue weighted by Crippen LogP contribution is 2.27. The van der Waals surface area contributed by atoms with Gasteiger partial charge in [-0.1, -0.05) is 66.8 Å². The molecule has 2 aromatic heterocycles. The molecular weight excluding hydrogens is 389 g/mol. The summed E-state index contributed by atoms with van der Waals surface area (Å²) in [6.07, 6.45) is 1.82. The highest BCUT2D eigenvalue weighted by molar-refractivity contribution is 14.1. The summed E-state index contributed by atoms with van der Waals surface area (Å²) in [6.45, 7) is 6.22. The number of halogens is 1. The van der Waals surface area contributed by atoms with Crippen LogP contribution in [0.1, 0.15) is 41.9 Å². The lowest BCUT2D eigenvalue weighted by Gasteiger charge is -2.14. The van der Waals surface area contributed by atoms with E-state index in [1.54, 1.807) is 4.40 Å². The first kappa shape index (κ1) is 15.3. The first-order valence-corrected chi connectivity index (χ1v) is 8.58. The summed E-state index contributed by atoms with van der Waals surface area (Å²) < 4.78 is 1.77. The van der Waals surface area contributed by atoms with Gasteiger partial charge in [0.25, 0.3) is 5.56 Å². The van der Waals surface area contributed by atoms with E-state index in [0.717, 1.165) is 22.5 Å². The summed E-state index contributed by atoms with van der Waals surface area (Å²) in [6, 6.07) is 9.91. The van der Waals surface area contributed by atoms with Crippen molar-refractivity contribution >= 4 is 28.4 Å². The summed E-state index contributed by atoms with van der Waals surface area (Å²) >= 11 is 2.29. The quantitative estimate of drug-likeness (QED) is 0.520. The molecule has 1 unspecified atom stereocenters. The van der Waals surface area contributed by atoms with Crippen LogP contribution < -0.4 is 5.56 Å². The summed E-state index contributed by atoms with van der Waals surface area (Å²) in [5.41, 5.74) is 3.65. The van der Waals surface area contributed by atoms with Crippen molar-refractivity contribution in [3.8, 4) is 11.3 Å². The van der Waals surface area contributed by atoms with Crippen LogP contribution in [0.25, 0.3) is 17.0 Å². The Balaban J connectivity index is 2.29. The maximum absolute atomic E-state index is 12.8. The van der Waals surface area contributed by atoms with Crippen LogP contribution in [0.2, 0.25) is 0 Å². The van der Waals surface area contributed by atoms with E-state index in [1.807, 2.05) is 43.5 Å². The Morgan fingerprint density at radius 3 is 2.45 bits per heavy atom. The number of benzene rings is 1. The number of aromatic amines is 1. The predicted octanol–water partition coefficient (Wildman–Crippen LogP) is 4.31. The topological polar surface area (TPSA) is 50.2 Å². The van der Waals surface area contributed by atoms with Crippen LogP contribution in [0.5, 0.6) is 0 Å². The van der Waals surface area contributed by atoms with E-state index in [2.05, 4.69) is 46.4 Å². The molecule has 5 heteroatoms. The van der Waals surface area contributed by atoms with Crippen LogP contribution in [0.3, 0.4) is 0 Å². The fourth-order valence-corrected chi connectivity index (χ4v) is 3.25. The van der Waals surface area contributed by atoms with Crippen LogP contribution >= 0.6 is 22.6 Å². The Bertz CT molecular complexity index is 863. The fourth-order valence-electron chi connectivity index (χ4n) is 2.64. The van der Waals surface area contributed by atoms with Gasteiger partial charge in [-0.15, -0.1) is 0 Å². The monoisotopic (exact) mass is 407 g/mol. The smallest absolute Gasteiger partial charge is 0.263 e. The average Bonchev–Trinajstić information content (AvgIpc) is 2.92. The number of hydrogen-bond acceptors (Lipinski definition) is 2. The van der Waals surface area contributed by atoms with Crippen molar-refractivity contribution in [2.45, 2.75) is 30.6 Å². The molecule has 114 valence electrons. The maximum Gasteiger partial charge on any atom is 0.263 e. The van der Waals surface area contributed by atoms with Crippen LogP contribution in [0.4, 0.5) is 0 Å². The molecule has 0 aliphatic rings. The molecule has 3 rings (SSSR count). The van der Waals surface area contributed by atoms with Gasteiger partial charge in [-0.25, -0.2) is 4.98 Å². The second-order valence-corrected chi connectivity index (χ2v) is 7.58. The number of hydrogen-bond donors (Lipinski definition) is 1. The van der Waals surface area contributed by atoms with E-state index in [-0.39, 0.29) is 15.4 Å². The average molecular weight is 407 g/mol. The molecule has 4 nitrogen and oxygen atoms in total. The van der Waals surface area contributed by atoms with Gasteiger partial charge in [0, 0.05) is 21.4 Å². The molecule has 0 saturated heterocycles. The second kappa shape index (κ2) is 5.87. The third kappa shape index (κ3) is 2.58. The van der Waals surface area contributed by atoms with Crippen LogP contribution in [-0.4, -0.2) is 14.4 Å². The molecule has 22 heavy (non-hydrogen) atoms. The number of H-pyrrole nitrogens is 1. The van der Waals surface area contributed by atoms with Crippen molar-refractivity contribution in [1.82, 2.24) is 14.4 Å².